The molecular formula is C22H28N2O2. The zero-order valence-electron chi connectivity index (χ0n) is 16.6. The Bertz CT molecular complexity index is 817. The molecule has 4 nitrogen and oxygen atoms in total. The zero-order valence-corrected chi connectivity index (χ0v) is 16.6. The van der Waals surface area contributed by atoms with Crippen molar-refractivity contribution < 1.29 is 9.59 Å². The molecule has 0 spiro atoms. The molecule has 4 heteroatoms. The fourth-order valence-electron chi connectivity index (χ4n) is 3.40. The van der Waals surface area contributed by atoms with Crippen LogP contribution in [0.1, 0.15) is 41.2 Å². The first-order chi connectivity index (χ1) is 12.2. The van der Waals surface area contributed by atoms with Crippen molar-refractivity contribution in [2.24, 2.45) is 0 Å². The minimum Gasteiger partial charge on any atom is -0.326 e. The van der Waals surface area contributed by atoms with Gasteiger partial charge >= 0.3 is 0 Å². The molecule has 2 aromatic rings. The van der Waals surface area contributed by atoms with Crippen LogP contribution in [0.15, 0.2) is 30.3 Å². The lowest BCUT2D eigenvalue weighted by molar-refractivity contribution is -0.117. The average molecular weight is 352 g/mol. The van der Waals surface area contributed by atoms with E-state index in [9.17, 15) is 9.59 Å². The minimum absolute atomic E-state index is 0.0561. The van der Waals surface area contributed by atoms with E-state index in [1.807, 2.05) is 52.8 Å². The van der Waals surface area contributed by atoms with Gasteiger partial charge < -0.3 is 10.2 Å². The SMILES string of the molecule is CC(=O)N(CCC(=O)Nc1ccc(C)cc1C)c1c(C)cc(C)cc1C. The van der Waals surface area contributed by atoms with Crippen LogP contribution < -0.4 is 10.2 Å². The first-order valence-electron chi connectivity index (χ1n) is 8.92. The van der Waals surface area contributed by atoms with Crippen molar-refractivity contribution in [3.8, 4) is 0 Å². The largest absolute Gasteiger partial charge is 0.326 e. The summed E-state index contributed by atoms with van der Waals surface area (Å²) in [6.07, 6.45) is 0.250. The number of nitrogens with zero attached hydrogens (tertiary/aromatic N) is 1. The van der Waals surface area contributed by atoms with E-state index in [2.05, 4.69) is 17.4 Å². The van der Waals surface area contributed by atoms with Crippen molar-refractivity contribution in [3.05, 3.63) is 58.1 Å². The predicted octanol–water partition coefficient (Wildman–Crippen LogP) is 4.61. The van der Waals surface area contributed by atoms with Gasteiger partial charge in [-0.15, -0.1) is 0 Å². The van der Waals surface area contributed by atoms with Crippen molar-refractivity contribution in [2.75, 3.05) is 16.8 Å². The van der Waals surface area contributed by atoms with E-state index in [0.717, 1.165) is 33.6 Å². The van der Waals surface area contributed by atoms with E-state index in [4.69, 9.17) is 0 Å². The minimum atomic E-state index is -0.0920. The van der Waals surface area contributed by atoms with Crippen molar-refractivity contribution in [1.29, 1.82) is 0 Å². The summed E-state index contributed by atoms with van der Waals surface area (Å²) in [5.74, 6) is -0.148. The predicted molar refractivity (Wildman–Crippen MR) is 108 cm³/mol. The third-order valence-corrected chi connectivity index (χ3v) is 4.50. The van der Waals surface area contributed by atoms with Crippen LogP contribution >= 0.6 is 0 Å². The third kappa shape index (κ3) is 4.72. The molecule has 0 heterocycles. The van der Waals surface area contributed by atoms with Crippen molar-refractivity contribution >= 4 is 23.2 Å². The second kappa shape index (κ2) is 8.17. The van der Waals surface area contributed by atoms with Crippen LogP contribution in [0.25, 0.3) is 0 Å². The molecule has 0 unspecified atom stereocenters. The molecule has 0 aliphatic heterocycles. The van der Waals surface area contributed by atoms with Gasteiger partial charge in [0.2, 0.25) is 11.8 Å². The van der Waals surface area contributed by atoms with Crippen LogP contribution in [0.3, 0.4) is 0 Å². The van der Waals surface area contributed by atoms with E-state index in [1.54, 1.807) is 11.8 Å². The van der Waals surface area contributed by atoms with Gasteiger partial charge in [0, 0.05) is 31.3 Å². The molecular weight excluding hydrogens is 324 g/mol. The Morgan fingerprint density at radius 2 is 1.46 bits per heavy atom. The maximum atomic E-state index is 12.4. The standard InChI is InChI=1S/C22H28N2O2/c1-14-7-8-20(16(3)11-14)23-21(26)9-10-24(19(6)25)22-17(4)12-15(2)13-18(22)5/h7-8,11-13H,9-10H2,1-6H3,(H,23,26). The Morgan fingerprint density at radius 1 is 0.885 bits per heavy atom. The lowest BCUT2D eigenvalue weighted by atomic mass is 10.0. The summed E-state index contributed by atoms with van der Waals surface area (Å²) < 4.78 is 0. The van der Waals surface area contributed by atoms with Crippen molar-refractivity contribution in [3.63, 3.8) is 0 Å². The number of hydrogen-bond acceptors (Lipinski definition) is 2. The molecule has 0 aliphatic carbocycles. The number of aryl methyl sites for hydroxylation is 5. The van der Waals surface area contributed by atoms with Gasteiger partial charge in [-0.05, 0) is 57.4 Å². The molecule has 2 aromatic carbocycles. The van der Waals surface area contributed by atoms with Crippen LogP contribution in [-0.2, 0) is 9.59 Å². The molecule has 138 valence electrons. The first-order valence-corrected chi connectivity index (χ1v) is 8.92. The van der Waals surface area contributed by atoms with Crippen LogP contribution in [0.5, 0.6) is 0 Å². The number of anilines is 2. The molecule has 2 rings (SSSR count). The summed E-state index contributed by atoms with van der Waals surface area (Å²) in [6.45, 7) is 11.9. The lowest BCUT2D eigenvalue weighted by Gasteiger charge is -2.25. The van der Waals surface area contributed by atoms with Crippen molar-refractivity contribution in [1.82, 2.24) is 0 Å². The first kappa shape index (κ1) is 19.7. The molecule has 1 N–H and O–H groups in total. The van der Waals surface area contributed by atoms with Crippen molar-refractivity contribution in [2.45, 2.75) is 48.0 Å². The molecule has 0 fully saturated rings. The molecule has 0 saturated heterocycles. The van der Waals surface area contributed by atoms with Gasteiger partial charge in [-0.2, -0.15) is 0 Å². The van der Waals surface area contributed by atoms with E-state index in [0.29, 0.717) is 6.54 Å². The molecule has 26 heavy (non-hydrogen) atoms. The summed E-state index contributed by atoms with van der Waals surface area (Å²) >= 11 is 0. The third-order valence-electron chi connectivity index (χ3n) is 4.50. The molecule has 0 aromatic heterocycles. The topological polar surface area (TPSA) is 49.4 Å². The normalized spacial score (nSPS) is 10.5. The Labute approximate surface area is 156 Å². The molecule has 0 radical (unpaired) electrons. The van der Waals surface area contributed by atoms with E-state index >= 15 is 0 Å². The molecule has 0 aliphatic rings. The highest BCUT2D eigenvalue weighted by molar-refractivity contribution is 5.96. The number of amides is 2. The van der Waals surface area contributed by atoms with Crippen LogP contribution in [0.4, 0.5) is 11.4 Å². The van der Waals surface area contributed by atoms with Gasteiger partial charge in [0.25, 0.3) is 0 Å². The van der Waals surface area contributed by atoms with Gasteiger partial charge in [0.15, 0.2) is 0 Å². The second-order valence-electron chi connectivity index (χ2n) is 7.03. The fraction of sp³-hybridized carbons (Fsp3) is 0.364. The highest BCUT2D eigenvalue weighted by Gasteiger charge is 2.18. The second-order valence-corrected chi connectivity index (χ2v) is 7.03. The summed E-state index contributed by atoms with van der Waals surface area (Å²) in [6, 6.07) is 10.1. The number of carbonyl (C=O) groups is 2. The van der Waals surface area contributed by atoms with Gasteiger partial charge in [-0.25, -0.2) is 0 Å². The summed E-state index contributed by atoms with van der Waals surface area (Å²) in [5, 5.41) is 2.94. The number of carbonyl (C=O) groups excluding carboxylic acids is 2. The molecule has 2 amide bonds. The van der Waals surface area contributed by atoms with Crippen LogP contribution in [-0.4, -0.2) is 18.4 Å². The maximum Gasteiger partial charge on any atom is 0.226 e. The van der Waals surface area contributed by atoms with Gasteiger partial charge in [0.1, 0.15) is 0 Å². The van der Waals surface area contributed by atoms with Crippen LogP contribution in [0.2, 0.25) is 0 Å². The average Bonchev–Trinajstić information content (AvgIpc) is 2.52. The Hall–Kier alpha value is -2.62. The number of hydrogen-bond donors (Lipinski definition) is 1. The highest BCUT2D eigenvalue weighted by Crippen LogP contribution is 2.27. The smallest absolute Gasteiger partial charge is 0.226 e. The lowest BCUT2D eigenvalue weighted by Crippen LogP contribution is -2.33. The summed E-state index contributed by atoms with van der Waals surface area (Å²) in [4.78, 5) is 26.3. The number of nitrogens with one attached hydrogen (secondary N) is 1. The number of rotatable bonds is 5. The fourth-order valence-corrected chi connectivity index (χ4v) is 3.40. The quantitative estimate of drug-likeness (QED) is 0.854. The molecule has 0 bridgehead atoms. The monoisotopic (exact) mass is 352 g/mol. The Kier molecular flexibility index (Phi) is 6.19. The molecule has 0 saturated carbocycles. The zero-order chi connectivity index (χ0) is 19.4. The van der Waals surface area contributed by atoms with Crippen LogP contribution in [0, 0.1) is 34.6 Å². The van der Waals surface area contributed by atoms with Gasteiger partial charge in [-0.3, -0.25) is 9.59 Å². The van der Waals surface area contributed by atoms with E-state index in [-0.39, 0.29) is 18.2 Å². The van der Waals surface area contributed by atoms with Gasteiger partial charge in [0.05, 0.1) is 0 Å². The Morgan fingerprint density at radius 3 is 2.00 bits per heavy atom. The maximum absolute atomic E-state index is 12.4. The van der Waals surface area contributed by atoms with Gasteiger partial charge in [-0.1, -0.05) is 35.4 Å². The number of benzene rings is 2. The highest BCUT2D eigenvalue weighted by atomic mass is 16.2. The summed E-state index contributed by atoms with van der Waals surface area (Å²) in [7, 11) is 0. The Balaban J connectivity index is 2.12. The van der Waals surface area contributed by atoms with E-state index < -0.39 is 0 Å². The van der Waals surface area contributed by atoms with E-state index in [1.165, 1.54) is 5.56 Å². The summed E-state index contributed by atoms with van der Waals surface area (Å²) in [5.41, 5.74) is 7.18. The molecule has 0 atom stereocenters.